The summed E-state index contributed by atoms with van der Waals surface area (Å²) in [5.74, 6) is 0.467. The van der Waals surface area contributed by atoms with Crippen molar-refractivity contribution in [2.45, 2.75) is 45.9 Å². The van der Waals surface area contributed by atoms with Gasteiger partial charge in [0, 0.05) is 70.5 Å². The Kier molecular flexibility index (Phi) is 10.1. The molecule has 1 aromatic carbocycles. The van der Waals surface area contributed by atoms with Crippen LogP contribution in [0.3, 0.4) is 0 Å². The van der Waals surface area contributed by atoms with Crippen LogP contribution in [0.1, 0.15) is 43.1 Å². The number of pyridine rings is 1. The SMILES string of the molecule is CCCNC(=O)Nc1ccc2c(c1)OC[C@@H](C)N(Cc1cccnc1)C[C@H](C)[C@H](OC)CN(C)C2=O. The van der Waals surface area contributed by atoms with Gasteiger partial charge in [0.2, 0.25) is 0 Å². The second kappa shape index (κ2) is 13.2. The first kappa shape index (κ1) is 27.4. The van der Waals surface area contributed by atoms with Gasteiger partial charge in [-0.1, -0.05) is 19.9 Å². The Morgan fingerprint density at radius 2 is 2.06 bits per heavy atom. The molecule has 0 bridgehead atoms. The molecule has 0 saturated heterocycles. The summed E-state index contributed by atoms with van der Waals surface area (Å²) in [5, 5.41) is 5.61. The molecule has 0 fully saturated rings. The maximum absolute atomic E-state index is 13.4. The van der Waals surface area contributed by atoms with Crippen LogP contribution in [0.15, 0.2) is 42.7 Å². The lowest BCUT2D eigenvalue weighted by Gasteiger charge is -2.36. The third-order valence-corrected chi connectivity index (χ3v) is 6.48. The molecule has 0 spiro atoms. The molecule has 1 aliphatic heterocycles. The van der Waals surface area contributed by atoms with Crippen LogP contribution in [-0.2, 0) is 11.3 Å². The number of benzene rings is 1. The number of aromatic nitrogens is 1. The fourth-order valence-electron chi connectivity index (χ4n) is 4.29. The Labute approximate surface area is 214 Å². The molecule has 2 N–H and O–H groups in total. The van der Waals surface area contributed by atoms with Crippen LogP contribution in [0, 0.1) is 5.92 Å². The van der Waals surface area contributed by atoms with Crippen LogP contribution in [-0.4, -0.2) is 79.3 Å². The Hall–Kier alpha value is -3.17. The molecule has 3 atom stereocenters. The number of urea groups is 1. The number of carbonyl (C=O) groups excluding carboxylic acids is 2. The Morgan fingerprint density at radius 1 is 1.25 bits per heavy atom. The predicted molar refractivity (Wildman–Crippen MR) is 140 cm³/mol. The molecule has 36 heavy (non-hydrogen) atoms. The monoisotopic (exact) mass is 497 g/mol. The van der Waals surface area contributed by atoms with Gasteiger partial charge >= 0.3 is 6.03 Å². The van der Waals surface area contributed by atoms with Crippen molar-refractivity contribution in [3.63, 3.8) is 0 Å². The van der Waals surface area contributed by atoms with Crippen LogP contribution < -0.4 is 15.4 Å². The van der Waals surface area contributed by atoms with Crippen LogP contribution in [0.5, 0.6) is 5.75 Å². The highest BCUT2D eigenvalue weighted by Gasteiger charge is 2.28. The van der Waals surface area contributed by atoms with E-state index in [1.807, 2.05) is 19.2 Å². The molecule has 0 aliphatic carbocycles. The fourth-order valence-corrected chi connectivity index (χ4v) is 4.29. The van der Waals surface area contributed by atoms with E-state index in [0.717, 1.165) is 25.1 Å². The van der Waals surface area contributed by atoms with Crippen molar-refractivity contribution in [2.75, 3.05) is 45.7 Å². The zero-order chi connectivity index (χ0) is 26.1. The first-order chi connectivity index (χ1) is 17.3. The maximum Gasteiger partial charge on any atom is 0.319 e. The highest BCUT2D eigenvalue weighted by Crippen LogP contribution is 2.27. The van der Waals surface area contributed by atoms with Gasteiger partial charge in [-0.05, 0) is 43.0 Å². The lowest BCUT2D eigenvalue weighted by molar-refractivity contribution is 0.00920. The highest BCUT2D eigenvalue weighted by atomic mass is 16.5. The van der Waals surface area contributed by atoms with E-state index in [1.54, 1.807) is 43.5 Å². The van der Waals surface area contributed by atoms with Crippen molar-refractivity contribution in [2.24, 2.45) is 5.92 Å². The molecule has 3 amide bonds. The summed E-state index contributed by atoms with van der Waals surface area (Å²) in [6, 6.07) is 8.91. The van der Waals surface area contributed by atoms with Crippen molar-refractivity contribution >= 4 is 17.6 Å². The van der Waals surface area contributed by atoms with Crippen LogP contribution in [0.25, 0.3) is 0 Å². The first-order valence-corrected chi connectivity index (χ1v) is 12.5. The van der Waals surface area contributed by atoms with Gasteiger partial charge in [0.05, 0.1) is 11.7 Å². The Morgan fingerprint density at radius 3 is 2.75 bits per heavy atom. The van der Waals surface area contributed by atoms with Gasteiger partial charge < -0.3 is 25.0 Å². The molecule has 2 aromatic rings. The lowest BCUT2D eigenvalue weighted by atomic mass is 10.0. The fraction of sp³-hybridized carbons (Fsp3) is 0.519. The third kappa shape index (κ3) is 7.41. The van der Waals surface area contributed by atoms with E-state index in [4.69, 9.17) is 9.47 Å². The summed E-state index contributed by atoms with van der Waals surface area (Å²) in [5.41, 5.74) is 2.13. The normalized spacial score (nSPS) is 21.5. The number of fused-ring (bicyclic) bond motifs is 1. The average Bonchev–Trinajstić information content (AvgIpc) is 2.88. The van der Waals surface area contributed by atoms with Crippen molar-refractivity contribution in [3.05, 3.63) is 53.9 Å². The van der Waals surface area contributed by atoms with Crippen LogP contribution in [0.4, 0.5) is 10.5 Å². The van der Waals surface area contributed by atoms with Gasteiger partial charge in [-0.25, -0.2) is 4.79 Å². The van der Waals surface area contributed by atoms with Gasteiger partial charge in [0.15, 0.2) is 0 Å². The van der Waals surface area contributed by atoms with Crippen molar-refractivity contribution in [3.8, 4) is 5.75 Å². The van der Waals surface area contributed by atoms with E-state index in [1.165, 1.54) is 0 Å². The van der Waals surface area contributed by atoms with E-state index in [2.05, 4.69) is 40.4 Å². The molecule has 0 unspecified atom stereocenters. The van der Waals surface area contributed by atoms with E-state index in [9.17, 15) is 9.59 Å². The topological polar surface area (TPSA) is 96.0 Å². The number of hydrogen-bond acceptors (Lipinski definition) is 6. The lowest BCUT2D eigenvalue weighted by Crippen LogP contribution is -2.46. The molecule has 2 heterocycles. The molecule has 9 nitrogen and oxygen atoms in total. The molecule has 0 saturated carbocycles. The minimum atomic E-state index is -0.290. The van der Waals surface area contributed by atoms with Gasteiger partial charge in [-0.15, -0.1) is 0 Å². The van der Waals surface area contributed by atoms with E-state index < -0.39 is 0 Å². The van der Waals surface area contributed by atoms with Crippen molar-refractivity contribution in [1.82, 2.24) is 20.1 Å². The molecule has 9 heteroatoms. The number of amides is 3. The van der Waals surface area contributed by atoms with E-state index in [-0.39, 0.29) is 30.0 Å². The van der Waals surface area contributed by atoms with Crippen LogP contribution >= 0.6 is 0 Å². The van der Waals surface area contributed by atoms with Crippen molar-refractivity contribution in [1.29, 1.82) is 0 Å². The maximum atomic E-state index is 13.4. The minimum Gasteiger partial charge on any atom is -0.491 e. The summed E-state index contributed by atoms with van der Waals surface area (Å²) in [6.07, 6.45) is 4.37. The van der Waals surface area contributed by atoms with E-state index in [0.29, 0.717) is 36.7 Å². The number of nitrogens with one attached hydrogen (secondary N) is 2. The molecule has 1 aromatic heterocycles. The smallest absolute Gasteiger partial charge is 0.319 e. The molecular formula is C27H39N5O4. The molecule has 0 radical (unpaired) electrons. The zero-order valence-electron chi connectivity index (χ0n) is 22.0. The Balaban J connectivity index is 1.90. The summed E-state index contributed by atoms with van der Waals surface area (Å²) < 4.78 is 12.1. The number of rotatable bonds is 6. The van der Waals surface area contributed by atoms with E-state index >= 15 is 0 Å². The van der Waals surface area contributed by atoms with Crippen LogP contribution in [0.2, 0.25) is 0 Å². The second-order valence-corrected chi connectivity index (χ2v) is 9.48. The second-order valence-electron chi connectivity index (χ2n) is 9.48. The third-order valence-electron chi connectivity index (χ3n) is 6.48. The minimum absolute atomic E-state index is 0.0507. The molecule has 1 aliphatic rings. The zero-order valence-corrected chi connectivity index (χ0v) is 22.0. The number of hydrogen-bond donors (Lipinski definition) is 2. The standard InChI is InChI=1S/C27H39N5O4/c1-6-11-29-27(34)30-22-9-10-23-24(13-22)36-18-20(3)32(16-21-8-7-12-28-14-21)15-19(2)25(35-5)17-31(4)26(23)33/h7-10,12-14,19-20,25H,6,11,15-18H2,1-5H3,(H2,29,30,34)/t19-,20+,25+/m0/s1. The quantitative estimate of drug-likeness (QED) is 0.633. The van der Waals surface area contributed by atoms with Crippen molar-refractivity contribution < 1.29 is 19.1 Å². The predicted octanol–water partition coefficient (Wildman–Crippen LogP) is 3.62. The van der Waals surface area contributed by atoms with Gasteiger partial charge in [0.1, 0.15) is 12.4 Å². The van der Waals surface area contributed by atoms with Gasteiger partial charge in [-0.2, -0.15) is 0 Å². The number of likely N-dealkylation sites (N-methyl/N-ethyl adjacent to an activating group) is 1. The summed E-state index contributed by atoms with van der Waals surface area (Å²) in [6.45, 7) is 9.16. The van der Waals surface area contributed by atoms with Gasteiger partial charge in [0.25, 0.3) is 5.91 Å². The molecular weight excluding hydrogens is 458 g/mol. The number of carbonyl (C=O) groups is 2. The highest BCUT2D eigenvalue weighted by molar-refractivity contribution is 5.98. The first-order valence-electron chi connectivity index (χ1n) is 12.5. The largest absolute Gasteiger partial charge is 0.491 e. The molecule has 3 rings (SSSR count). The summed E-state index contributed by atoms with van der Waals surface area (Å²) >= 11 is 0. The number of anilines is 1. The molecule has 196 valence electrons. The number of methoxy groups -OCH3 is 1. The number of ether oxygens (including phenoxy) is 2. The summed E-state index contributed by atoms with van der Waals surface area (Å²) in [7, 11) is 3.47. The Bertz CT molecular complexity index is 1000. The van der Waals surface area contributed by atoms with Gasteiger partial charge in [-0.3, -0.25) is 14.7 Å². The number of nitrogens with zero attached hydrogens (tertiary/aromatic N) is 3. The average molecular weight is 498 g/mol. The summed E-state index contributed by atoms with van der Waals surface area (Å²) in [4.78, 5) is 33.8.